The predicted molar refractivity (Wildman–Crippen MR) is 58.4 cm³/mol. The molecule has 0 saturated heterocycles. The van der Waals surface area contributed by atoms with Gasteiger partial charge in [0.25, 0.3) is 0 Å². The minimum absolute atomic E-state index is 0.0999. The third-order valence-corrected chi connectivity index (χ3v) is 2.48. The molecule has 0 saturated carbocycles. The molecule has 2 rings (SSSR count). The summed E-state index contributed by atoms with van der Waals surface area (Å²) in [5.74, 6) is 0.203. The van der Waals surface area contributed by atoms with Crippen LogP contribution in [0.5, 0.6) is 0 Å². The van der Waals surface area contributed by atoms with Gasteiger partial charge in [0.2, 0.25) is 0 Å². The lowest BCUT2D eigenvalue weighted by atomic mass is 10.0. The Morgan fingerprint density at radius 2 is 2.07 bits per heavy atom. The number of benzene rings is 1. The summed E-state index contributed by atoms with van der Waals surface area (Å²) in [7, 11) is 0. The molecule has 1 aliphatic rings. The van der Waals surface area contributed by atoms with Crippen molar-refractivity contribution in [3.63, 3.8) is 0 Å². The molecule has 0 aliphatic heterocycles. The van der Waals surface area contributed by atoms with Crippen LogP contribution in [0.1, 0.15) is 18.4 Å². The smallest absolute Gasteiger partial charge is 0.155 e. The summed E-state index contributed by atoms with van der Waals surface area (Å²) in [6.45, 7) is 0.615. The summed E-state index contributed by atoms with van der Waals surface area (Å²) in [6, 6.07) is 10.1. The Kier molecular flexibility index (Phi) is 3.30. The van der Waals surface area contributed by atoms with E-state index in [1.807, 2.05) is 36.4 Å². The van der Waals surface area contributed by atoms with Crippen LogP contribution in [0.4, 0.5) is 0 Å². The SMILES string of the molecule is O=C1C=CC(OCc2ccccc2)CC1. The second kappa shape index (κ2) is 4.89. The molecule has 2 heteroatoms. The molecule has 0 fully saturated rings. The fourth-order valence-electron chi connectivity index (χ4n) is 1.60. The highest BCUT2D eigenvalue weighted by Gasteiger charge is 2.12. The fraction of sp³-hybridized carbons (Fsp3) is 0.308. The summed E-state index contributed by atoms with van der Waals surface area (Å²) in [4.78, 5) is 10.9. The summed E-state index contributed by atoms with van der Waals surface area (Å²) >= 11 is 0. The Morgan fingerprint density at radius 1 is 1.27 bits per heavy atom. The van der Waals surface area contributed by atoms with Crippen molar-refractivity contribution in [3.05, 3.63) is 48.0 Å². The molecule has 78 valence electrons. The lowest BCUT2D eigenvalue weighted by Crippen LogP contribution is -2.16. The van der Waals surface area contributed by atoms with Gasteiger partial charge in [0.15, 0.2) is 5.78 Å². The largest absolute Gasteiger partial charge is 0.369 e. The monoisotopic (exact) mass is 202 g/mol. The van der Waals surface area contributed by atoms with Gasteiger partial charge in [0, 0.05) is 6.42 Å². The van der Waals surface area contributed by atoms with Gasteiger partial charge >= 0.3 is 0 Å². The third-order valence-electron chi connectivity index (χ3n) is 2.48. The molecule has 0 bridgehead atoms. The van der Waals surface area contributed by atoms with Crippen molar-refractivity contribution < 1.29 is 9.53 Å². The second-order valence-electron chi connectivity index (χ2n) is 3.70. The molecule has 1 aromatic carbocycles. The van der Waals surface area contributed by atoms with Gasteiger partial charge in [-0.05, 0) is 18.1 Å². The fourth-order valence-corrected chi connectivity index (χ4v) is 1.60. The zero-order valence-corrected chi connectivity index (χ0v) is 8.56. The van der Waals surface area contributed by atoms with E-state index in [1.54, 1.807) is 6.08 Å². The third kappa shape index (κ3) is 3.03. The number of rotatable bonds is 3. The van der Waals surface area contributed by atoms with E-state index in [-0.39, 0.29) is 11.9 Å². The average Bonchev–Trinajstić information content (AvgIpc) is 2.30. The van der Waals surface area contributed by atoms with Gasteiger partial charge in [-0.1, -0.05) is 36.4 Å². The van der Waals surface area contributed by atoms with Crippen LogP contribution in [0.15, 0.2) is 42.5 Å². The maximum Gasteiger partial charge on any atom is 0.155 e. The van der Waals surface area contributed by atoms with E-state index in [9.17, 15) is 4.79 Å². The van der Waals surface area contributed by atoms with Crippen LogP contribution in [0.3, 0.4) is 0 Å². The molecule has 1 atom stereocenters. The van der Waals surface area contributed by atoms with Crippen LogP contribution in [0.2, 0.25) is 0 Å². The summed E-state index contributed by atoms with van der Waals surface area (Å²) in [6.07, 6.45) is 4.99. The Morgan fingerprint density at radius 3 is 2.73 bits per heavy atom. The van der Waals surface area contributed by atoms with Crippen molar-refractivity contribution in [1.82, 2.24) is 0 Å². The molecule has 0 spiro atoms. The Bertz CT molecular complexity index is 354. The first-order valence-corrected chi connectivity index (χ1v) is 5.21. The highest BCUT2D eigenvalue weighted by Crippen LogP contribution is 2.13. The van der Waals surface area contributed by atoms with Crippen molar-refractivity contribution in [2.45, 2.75) is 25.6 Å². The van der Waals surface area contributed by atoms with Gasteiger partial charge in [-0.2, -0.15) is 0 Å². The normalized spacial score (nSPS) is 20.5. The van der Waals surface area contributed by atoms with Crippen molar-refractivity contribution in [3.8, 4) is 0 Å². The molecule has 1 aliphatic carbocycles. The van der Waals surface area contributed by atoms with E-state index < -0.39 is 0 Å². The first-order chi connectivity index (χ1) is 7.34. The van der Waals surface area contributed by atoms with Crippen LogP contribution < -0.4 is 0 Å². The Labute approximate surface area is 89.6 Å². The van der Waals surface area contributed by atoms with Gasteiger partial charge in [-0.25, -0.2) is 0 Å². The molecule has 0 aromatic heterocycles. The highest BCUT2D eigenvalue weighted by atomic mass is 16.5. The molecule has 0 amide bonds. The molecule has 2 nitrogen and oxygen atoms in total. The zero-order valence-electron chi connectivity index (χ0n) is 8.56. The van der Waals surface area contributed by atoms with E-state index in [4.69, 9.17) is 4.74 Å². The summed E-state index contributed by atoms with van der Waals surface area (Å²) < 4.78 is 5.68. The second-order valence-corrected chi connectivity index (χ2v) is 3.70. The number of carbonyl (C=O) groups is 1. The quantitative estimate of drug-likeness (QED) is 0.752. The lowest BCUT2D eigenvalue weighted by Gasteiger charge is -2.16. The number of hydrogen-bond donors (Lipinski definition) is 0. The van der Waals surface area contributed by atoms with Crippen LogP contribution in [-0.2, 0) is 16.1 Å². The van der Waals surface area contributed by atoms with Gasteiger partial charge in [0.05, 0.1) is 12.7 Å². The Balaban J connectivity index is 1.84. The van der Waals surface area contributed by atoms with E-state index in [1.165, 1.54) is 5.56 Å². The van der Waals surface area contributed by atoms with Gasteiger partial charge in [-0.3, -0.25) is 4.79 Å². The Hall–Kier alpha value is -1.41. The first kappa shape index (κ1) is 10.1. The number of ether oxygens (including phenoxy) is 1. The maximum atomic E-state index is 10.9. The molecule has 1 unspecified atom stereocenters. The average molecular weight is 202 g/mol. The van der Waals surface area contributed by atoms with Crippen LogP contribution in [0.25, 0.3) is 0 Å². The van der Waals surface area contributed by atoms with E-state index in [0.717, 1.165) is 6.42 Å². The van der Waals surface area contributed by atoms with Crippen molar-refractivity contribution in [1.29, 1.82) is 0 Å². The molecule has 1 aromatic rings. The minimum atomic E-state index is 0.0999. The molecular weight excluding hydrogens is 188 g/mol. The predicted octanol–water partition coefficient (Wildman–Crippen LogP) is 2.49. The number of ketones is 1. The highest BCUT2D eigenvalue weighted by molar-refractivity contribution is 5.90. The molecule has 0 radical (unpaired) electrons. The molecule has 0 heterocycles. The van der Waals surface area contributed by atoms with E-state index >= 15 is 0 Å². The van der Waals surface area contributed by atoms with Gasteiger partial charge < -0.3 is 4.74 Å². The lowest BCUT2D eigenvalue weighted by molar-refractivity contribution is -0.115. The number of hydrogen-bond acceptors (Lipinski definition) is 2. The number of allylic oxidation sites excluding steroid dienone is 1. The molecule has 15 heavy (non-hydrogen) atoms. The van der Waals surface area contributed by atoms with Gasteiger partial charge in [0.1, 0.15) is 0 Å². The summed E-state index contributed by atoms with van der Waals surface area (Å²) in [5.41, 5.74) is 1.17. The van der Waals surface area contributed by atoms with Gasteiger partial charge in [-0.15, -0.1) is 0 Å². The van der Waals surface area contributed by atoms with E-state index in [0.29, 0.717) is 13.0 Å². The number of carbonyl (C=O) groups excluding carboxylic acids is 1. The van der Waals surface area contributed by atoms with E-state index in [2.05, 4.69) is 0 Å². The van der Waals surface area contributed by atoms with Crippen molar-refractivity contribution >= 4 is 5.78 Å². The van der Waals surface area contributed by atoms with Crippen LogP contribution in [0, 0.1) is 0 Å². The van der Waals surface area contributed by atoms with Crippen LogP contribution >= 0.6 is 0 Å². The van der Waals surface area contributed by atoms with Crippen molar-refractivity contribution in [2.75, 3.05) is 0 Å². The van der Waals surface area contributed by atoms with Crippen molar-refractivity contribution in [2.24, 2.45) is 0 Å². The zero-order chi connectivity index (χ0) is 10.5. The summed E-state index contributed by atoms with van der Waals surface area (Å²) in [5, 5.41) is 0. The minimum Gasteiger partial charge on any atom is -0.369 e. The molecule has 0 N–H and O–H groups in total. The topological polar surface area (TPSA) is 26.3 Å². The standard InChI is InChI=1S/C13H14O2/c14-12-6-8-13(9-7-12)15-10-11-4-2-1-3-5-11/h1-6,8,13H,7,9-10H2. The first-order valence-electron chi connectivity index (χ1n) is 5.21. The maximum absolute atomic E-state index is 10.9. The van der Waals surface area contributed by atoms with Crippen LogP contribution in [-0.4, -0.2) is 11.9 Å². The molecular formula is C13H14O2.